The van der Waals surface area contributed by atoms with Gasteiger partial charge in [-0.15, -0.1) is 30.3 Å². The number of nitrogens with zero attached hydrogens (tertiary/aromatic N) is 4. The summed E-state index contributed by atoms with van der Waals surface area (Å²) in [7, 11) is 0. The third kappa shape index (κ3) is 10.4. The van der Waals surface area contributed by atoms with Crippen molar-refractivity contribution in [2.24, 2.45) is 0 Å². The minimum Gasteiger partial charge on any atom is -0.350 e. The average Bonchev–Trinajstić information content (AvgIpc) is 2.71. The summed E-state index contributed by atoms with van der Waals surface area (Å²) in [6, 6.07) is 15.9. The van der Waals surface area contributed by atoms with Crippen molar-refractivity contribution in [2.45, 2.75) is 6.10 Å². The van der Waals surface area contributed by atoms with Crippen LogP contribution < -0.4 is 5.32 Å². The summed E-state index contributed by atoms with van der Waals surface area (Å²) in [5, 5.41) is 39.3. The van der Waals surface area contributed by atoms with Gasteiger partial charge in [0, 0.05) is 11.8 Å². The van der Waals surface area contributed by atoms with E-state index in [4.69, 9.17) is 0 Å². The molecule has 0 unspecified atom stereocenters. The number of nitrogens with one attached hydrogen (secondary N) is 1. The summed E-state index contributed by atoms with van der Waals surface area (Å²) in [5.74, 6) is 0. The van der Waals surface area contributed by atoms with Gasteiger partial charge in [-0.2, -0.15) is 0 Å². The zero-order valence-electron chi connectivity index (χ0n) is 15.5. The summed E-state index contributed by atoms with van der Waals surface area (Å²) >= 11 is 0. The second kappa shape index (κ2) is 12.6. The van der Waals surface area contributed by atoms with E-state index in [0.29, 0.717) is 5.69 Å². The number of para-hydroxylation sites is 3. The van der Waals surface area contributed by atoms with Crippen molar-refractivity contribution in [1.82, 2.24) is 0 Å². The highest BCUT2D eigenvalue weighted by Crippen LogP contribution is 2.26. The first-order valence-corrected chi connectivity index (χ1v) is 8.10. The molecular formula is C15H15N5O11. The average molecular weight is 441 g/mol. The fourth-order valence-electron chi connectivity index (χ4n) is 1.93. The lowest BCUT2D eigenvalue weighted by atomic mass is 10.2. The Morgan fingerprint density at radius 3 is 1.74 bits per heavy atom. The van der Waals surface area contributed by atoms with Crippen LogP contribution in [0.15, 0.2) is 54.6 Å². The Kier molecular flexibility index (Phi) is 9.91. The van der Waals surface area contributed by atoms with Crippen LogP contribution in [-0.2, 0) is 14.5 Å². The third-order valence-corrected chi connectivity index (χ3v) is 3.12. The molecule has 0 amide bonds. The van der Waals surface area contributed by atoms with Gasteiger partial charge in [-0.25, -0.2) is 0 Å². The molecule has 2 rings (SSSR count). The Labute approximate surface area is 172 Å². The maximum Gasteiger partial charge on any atom is 0.294 e. The molecule has 0 aliphatic heterocycles. The van der Waals surface area contributed by atoms with Crippen LogP contribution >= 0.6 is 0 Å². The fraction of sp³-hybridized carbons (Fsp3) is 0.200. The van der Waals surface area contributed by atoms with Crippen LogP contribution in [-0.4, -0.2) is 39.5 Å². The number of hydrogen-bond acceptors (Lipinski definition) is 12. The Hall–Kier alpha value is -4.76. The zero-order valence-corrected chi connectivity index (χ0v) is 15.5. The lowest BCUT2D eigenvalue weighted by Gasteiger charge is -2.11. The molecule has 0 radical (unpaired) electrons. The van der Waals surface area contributed by atoms with Gasteiger partial charge in [0.05, 0.1) is 4.92 Å². The molecule has 31 heavy (non-hydrogen) atoms. The van der Waals surface area contributed by atoms with Crippen molar-refractivity contribution in [3.05, 3.63) is 95.1 Å². The van der Waals surface area contributed by atoms with Crippen LogP contribution in [0.2, 0.25) is 0 Å². The second-order valence-electron chi connectivity index (χ2n) is 5.26. The van der Waals surface area contributed by atoms with Crippen LogP contribution in [0.5, 0.6) is 0 Å². The molecule has 0 aliphatic rings. The highest BCUT2D eigenvalue weighted by Gasteiger charge is 2.17. The van der Waals surface area contributed by atoms with E-state index in [1.54, 1.807) is 18.2 Å². The van der Waals surface area contributed by atoms with Crippen molar-refractivity contribution >= 4 is 17.1 Å². The normalized spacial score (nSPS) is 9.58. The molecule has 166 valence electrons. The summed E-state index contributed by atoms with van der Waals surface area (Å²) in [4.78, 5) is 50.9. The molecule has 0 saturated heterocycles. The van der Waals surface area contributed by atoms with Crippen molar-refractivity contribution in [2.75, 3.05) is 18.5 Å². The zero-order chi connectivity index (χ0) is 23.2. The number of anilines is 2. The lowest BCUT2D eigenvalue weighted by molar-refractivity contribution is -0.803. The van der Waals surface area contributed by atoms with E-state index in [-0.39, 0.29) is 5.69 Å². The molecule has 0 spiro atoms. The number of nitro groups is 1. The van der Waals surface area contributed by atoms with E-state index < -0.39 is 39.5 Å². The number of nitro benzene ring substituents is 1. The Balaban J connectivity index is 0.000000311. The van der Waals surface area contributed by atoms with Gasteiger partial charge in [0.2, 0.25) is 0 Å². The first kappa shape index (κ1) is 24.3. The molecule has 16 heteroatoms. The first-order valence-electron chi connectivity index (χ1n) is 8.10. The number of benzene rings is 2. The van der Waals surface area contributed by atoms with Crippen molar-refractivity contribution in [3.63, 3.8) is 0 Å². The lowest BCUT2D eigenvalue weighted by Crippen LogP contribution is -2.30. The van der Waals surface area contributed by atoms with Crippen LogP contribution in [0.1, 0.15) is 0 Å². The van der Waals surface area contributed by atoms with Gasteiger partial charge < -0.3 is 19.8 Å². The third-order valence-electron chi connectivity index (χ3n) is 3.12. The smallest absolute Gasteiger partial charge is 0.294 e. The summed E-state index contributed by atoms with van der Waals surface area (Å²) < 4.78 is 0. The Morgan fingerprint density at radius 2 is 1.26 bits per heavy atom. The fourth-order valence-corrected chi connectivity index (χ4v) is 1.93. The van der Waals surface area contributed by atoms with Crippen LogP contribution in [0.3, 0.4) is 0 Å². The molecular weight excluding hydrogens is 426 g/mol. The number of hydrogen-bond donors (Lipinski definition) is 1. The maximum atomic E-state index is 10.8. The van der Waals surface area contributed by atoms with Gasteiger partial charge in [0.15, 0.2) is 6.10 Å². The predicted octanol–water partition coefficient (Wildman–Crippen LogP) is 2.32. The Morgan fingerprint density at radius 1 is 0.742 bits per heavy atom. The van der Waals surface area contributed by atoms with Gasteiger partial charge in [-0.3, -0.25) is 10.1 Å². The second-order valence-corrected chi connectivity index (χ2v) is 5.26. The molecule has 0 saturated carbocycles. The molecule has 0 aromatic heterocycles. The van der Waals surface area contributed by atoms with Gasteiger partial charge in [-0.1, -0.05) is 30.3 Å². The topological polar surface area (TPSA) is 212 Å². The SMILES string of the molecule is O=[N+]([O-])OCC(CO[N+](=O)[O-])O[N+](=O)[O-].O=[N+]([O-])c1ccccc1Nc1ccccc1. The minimum absolute atomic E-state index is 0.0753. The molecule has 2 aromatic rings. The van der Waals surface area contributed by atoms with Gasteiger partial charge in [0.25, 0.3) is 20.9 Å². The molecule has 16 nitrogen and oxygen atoms in total. The van der Waals surface area contributed by atoms with E-state index >= 15 is 0 Å². The molecule has 0 fully saturated rings. The van der Waals surface area contributed by atoms with Crippen LogP contribution in [0.4, 0.5) is 17.1 Å². The van der Waals surface area contributed by atoms with Crippen LogP contribution in [0.25, 0.3) is 0 Å². The number of rotatable bonds is 11. The van der Waals surface area contributed by atoms with Gasteiger partial charge >= 0.3 is 0 Å². The van der Waals surface area contributed by atoms with E-state index in [0.717, 1.165) is 5.69 Å². The molecule has 0 bridgehead atoms. The van der Waals surface area contributed by atoms with E-state index in [2.05, 4.69) is 19.8 Å². The molecule has 2 aromatic carbocycles. The molecule has 1 N–H and O–H groups in total. The predicted molar refractivity (Wildman–Crippen MR) is 101 cm³/mol. The quantitative estimate of drug-likeness (QED) is 0.393. The summed E-state index contributed by atoms with van der Waals surface area (Å²) in [6.07, 6.45) is -1.55. The van der Waals surface area contributed by atoms with Gasteiger partial charge in [-0.05, 0) is 18.2 Å². The van der Waals surface area contributed by atoms with E-state index in [1.807, 2.05) is 30.3 Å². The Bertz CT molecular complexity index is 878. The molecule has 0 heterocycles. The van der Waals surface area contributed by atoms with E-state index in [9.17, 15) is 40.5 Å². The largest absolute Gasteiger partial charge is 0.350 e. The first-order chi connectivity index (χ1) is 14.7. The van der Waals surface area contributed by atoms with Crippen molar-refractivity contribution in [3.8, 4) is 0 Å². The summed E-state index contributed by atoms with van der Waals surface area (Å²) in [6.45, 7) is -1.69. The standard InChI is InChI=1S/C12H10N2O2.C3H5N3O9/c15-14(16)12-9-5-4-8-11(12)13-10-6-2-1-3-7-10;7-4(8)13-1-3(15-6(11)12)2-14-5(9)10/h1-9,13H;3H,1-2H2. The van der Waals surface area contributed by atoms with Crippen molar-refractivity contribution in [1.29, 1.82) is 0 Å². The highest BCUT2D eigenvalue weighted by molar-refractivity contribution is 5.69. The molecule has 0 aliphatic carbocycles. The van der Waals surface area contributed by atoms with Gasteiger partial charge in [0.1, 0.15) is 18.9 Å². The maximum absolute atomic E-state index is 10.8. The molecule has 0 atom stereocenters. The van der Waals surface area contributed by atoms with Crippen LogP contribution in [0, 0.1) is 40.5 Å². The highest BCUT2D eigenvalue weighted by atomic mass is 17.0. The minimum atomic E-state index is -1.55. The van der Waals surface area contributed by atoms with Crippen molar-refractivity contribution < 1.29 is 34.7 Å². The summed E-state index contributed by atoms with van der Waals surface area (Å²) in [5.41, 5.74) is 1.40. The van der Waals surface area contributed by atoms with E-state index in [1.165, 1.54) is 6.07 Å². The monoisotopic (exact) mass is 441 g/mol.